The summed E-state index contributed by atoms with van der Waals surface area (Å²) in [5.74, 6) is -0.703. The number of nitrogens with zero attached hydrogens (tertiary/aromatic N) is 1. The smallest absolute Gasteiger partial charge is 0.311 e. The molecule has 0 aliphatic heterocycles. The van der Waals surface area contributed by atoms with Crippen molar-refractivity contribution in [2.24, 2.45) is 5.41 Å². The highest BCUT2D eigenvalue weighted by molar-refractivity contribution is 5.75. The second-order valence-electron chi connectivity index (χ2n) is 4.07. The standard InChI is InChI=1S/C10H16N4O3/c1-3-10(2,9(16)17)4-12-7-6(11)8(15)14-5-13-7/h5H,3-4,11H2,1-2H3,(H,16,17)(H2,12,13,14,15). The van der Waals surface area contributed by atoms with E-state index in [1.165, 1.54) is 6.33 Å². The molecule has 1 aromatic rings. The minimum atomic E-state index is -0.920. The molecule has 1 rings (SSSR count). The summed E-state index contributed by atoms with van der Waals surface area (Å²) < 4.78 is 0. The van der Waals surface area contributed by atoms with Crippen LogP contribution in [0.3, 0.4) is 0 Å². The summed E-state index contributed by atoms with van der Waals surface area (Å²) in [6, 6.07) is 0. The lowest BCUT2D eigenvalue weighted by Gasteiger charge is -2.23. The van der Waals surface area contributed by atoms with Gasteiger partial charge < -0.3 is 21.1 Å². The molecule has 1 unspecified atom stereocenters. The number of carbonyl (C=O) groups is 1. The van der Waals surface area contributed by atoms with Gasteiger partial charge in [-0.3, -0.25) is 9.59 Å². The first kappa shape index (κ1) is 13.0. The van der Waals surface area contributed by atoms with Gasteiger partial charge >= 0.3 is 5.97 Å². The molecular formula is C10H16N4O3. The molecule has 7 nitrogen and oxygen atoms in total. The molecule has 0 fully saturated rings. The van der Waals surface area contributed by atoms with Crippen LogP contribution >= 0.6 is 0 Å². The summed E-state index contributed by atoms with van der Waals surface area (Å²) in [5.41, 5.74) is 4.10. The van der Waals surface area contributed by atoms with Gasteiger partial charge in [-0.2, -0.15) is 0 Å². The van der Waals surface area contributed by atoms with Crippen molar-refractivity contribution in [3.8, 4) is 0 Å². The van der Waals surface area contributed by atoms with E-state index in [4.69, 9.17) is 10.8 Å². The van der Waals surface area contributed by atoms with E-state index < -0.39 is 16.9 Å². The zero-order chi connectivity index (χ0) is 13.1. The normalized spacial score (nSPS) is 14.0. The number of aliphatic carboxylic acids is 1. The molecule has 0 saturated heterocycles. The van der Waals surface area contributed by atoms with Crippen LogP contribution in [0, 0.1) is 5.41 Å². The first-order valence-corrected chi connectivity index (χ1v) is 5.21. The molecule has 17 heavy (non-hydrogen) atoms. The van der Waals surface area contributed by atoms with Crippen LogP contribution in [0.15, 0.2) is 11.1 Å². The van der Waals surface area contributed by atoms with Crippen LogP contribution in [0.4, 0.5) is 11.5 Å². The minimum absolute atomic E-state index is 0.0451. The fourth-order valence-electron chi connectivity index (χ4n) is 1.18. The quantitative estimate of drug-likeness (QED) is 0.586. The van der Waals surface area contributed by atoms with Crippen LogP contribution in [0.25, 0.3) is 0 Å². The molecule has 0 aliphatic rings. The number of hydrogen-bond acceptors (Lipinski definition) is 5. The van der Waals surface area contributed by atoms with Crippen molar-refractivity contribution in [3.05, 3.63) is 16.7 Å². The molecular weight excluding hydrogens is 224 g/mol. The summed E-state index contributed by atoms with van der Waals surface area (Å²) in [6.07, 6.45) is 1.67. The van der Waals surface area contributed by atoms with Crippen molar-refractivity contribution in [1.82, 2.24) is 9.97 Å². The molecule has 94 valence electrons. The Bertz CT molecular complexity index is 471. The molecule has 0 aromatic carbocycles. The molecule has 0 amide bonds. The van der Waals surface area contributed by atoms with Gasteiger partial charge in [0.1, 0.15) is 5.69 Å². The number of rotatable bonds is 5. The van der Waals surface area contributed by atoms with Crippen molar-refractivity contribution in [2.75, 3.05) is 17.6 Å². The van der Waals surface area contributed by atoms with E-state index >= 15 is 0 Å². The van der Waals surface area contributed by atoms with Gasteiger partial charge in [-0.25, -0.2) is 4.98 Å². The number of anilines is 2. The van der Waals surface area contributed by atoms with Gasteiger partial charge in [-0.15, -0.1) is 0 Å². The SMILES string of the molecule is CCC(C)(CNc1nc[nH]c(=O)c1N)C(=O)O. The molecule has 0 saturated carbocycles. The van der Waals surface area contributed by atoms with Gasteiger partial charge in [-0.05, 0) is 13.3 Å². The Hall–Kier alpha value is -2.05. The molecule has 1 atom stereocenters. The summed E-state index contributed by atoms with van der Waals surface area (Å²) in [6.45, 7) is 3.55. The average Bonchev–Trinajstić information content (AvgIpc) is 2.30. The fraction of sp³-hybridized carbons (Fsp3) is 0.500. The van der Waals surface area contributed by atoms with Crippen LogP contribution in [0.1, 0.15) is 20.3 Å². The van der Waals surface area contributed by atoms with Crippen molar-refractivity contribution < 1.29 is 9.90 Å². The third-order valence-corrected chi connectivity index (χ3v) is 2.83. The molecule has 0 aliphatic carbocycles. The monoisotopic (exact) mass is 240 g/mol. The number of H-pyrrole nitrogens is 1. The second-order valence-corrected chi connectivity index (χ2v) is 4.07. The number of nitrogens with two attached hydrogens (primary N) is 1. The zero-order valence-electron chi connectivity index (χ0n) is 9.78. The van der Waals surface area contributed by atoms with Crippen molar-refractivity contribution in [3.63, 3.8) is 0 Å². The summed E-state index contributed by atoms with van der Waals surface area (Å²) in [7, 11) is 0. The number of carboxylic acids is 1. The number of carboxylic acid groups (broad SMARTS) is 1. The average molecular weight is 240 g/mol. The first-order valence-electron chi connectivity index (χ1n) is 5.21. The highest BCUT2D eigenvalue weighted by atomic mass is 16.4. The molecule has 7 heteroatoms. The molecule has 0 radical (unpaired) electrons. The van der Waals surface area contributed by atoms with Crippen LogP contribution in [0.2, 0.25) is 0 Å². The molecule has 0 spiro atoms. The third kappa shape index (κ3) is 2.74. The Kier molecular flexibility index (Phi) is 3.72. The van der Waals surface area contributed by atoms with Gasteiger partial charge in [-0.1, -0.05) is 6.92 Å². The molecule has 1 heterocycles. The highest BCUT2D eigenvalue weighted by Gasteiger charge is 2.31. The van der Waals surface area contributed by atoms with Crippen LogP contribution < -0.4 is 16.6 Å². The maximum atomic E-state index is 11.2. The first-order chi connectivity index (χ1) is 7.90. The molecule has 0 bridgehead atoms. The van der Waals surface area contributed by atoms with Gasteiger partial charge in [0.25, 0.3) is 5.56 Å². The Labute approximate surface area is 98.1 Å². The maximum Gasteiger partial charge on any atom is 0.311 e. The van der Waals surface area contributed by atoms with Gasteiger partial charge in [0.2, 0.25) is 0 Å². The van der Waals surface area contributed by atoms with E-state index in [1.807, 2.05) is 0 Å². The number of aromatic amines is 1. The van der Waals surface area contributed by atoms with E-state index in [1.54, 1.807) is 13.8 Å². The van der Waals surface area contributed by atoms with E-state index in [-0.39, 0.29) is 18.1 Å². The summed E-state index contributed by atoms with van der Waals surface area (Å²) in [5, 5.41) is 11.9. The zero-order valence-corrected chi connectivity index (χ0v) is 9.78. The predicted molar refractivity (Wildman–Crippen MR) is 63.8 cm³/mol. The van der Waals surface area contributed by atoms with Gasteiger partial charge in [0.15, 0.2) is 5.82 Å². The minimum Gasteiger partial charge on any atom is -0.481 e. The lowest BCUT2D eigenvalue weighted by atomic mass is 9.88. The van der Waals surface area contributed by atoms with Gasteiger partial charge in [0, 0.05) is 6.54 Å². The second kappa shape index (κ2) is 4.86. The topological polar surface area (TPSA) is 121 Å². The van der Waals surface area contributed by atoms with E-state index in [9.17, 15) is 9.59 Å². The Morgan fingerprint density at radius 1 is 1.71 bits per heavy atom. The fourth-order valence-corrected chi connectivity index (χ4v) is 1.18. The number of hydrogen-bond donors (Lipinski definition) is 4. The van der Waals surface area contributed by atoms with Crippen LogP contribution in [-0.4, -0.2) is 27.6 Å². The van der Waals surface area contributed by atoms with Crippen molar-refractivity contribution in [2.45, 2.75) is 20.3 Å². The lowest BCUT2D eigenvalue weighted by Crippen LogP contribution is -2.35. The van der Waals surface area contributed by atoms with E-state index in [2.05, 4.69) is 15.3 Å². The van der Waals surface area contributed by atoms with Crippen molar-refractivity contribution in [1.29, 1.82) is 0 Å². The lowest BCUT2D eigenvalue weighted by molar-refractivity contribution is -0.147. The Morgan fingerprint density at radius 3 is 2.88 bits per heavy atom. The van der Waals surface area contributed by atoms with E-state index in [0.29, 0.717) is 6.42 Å². The summed E-state index contributed by atoms with van der Waals surface area (Å²) in [4.78, 5) is 28.4. The van der Waals surface area contributed by atoms with Crippen LogP contribution in [0.5, 0.6) is 0 Å². The molecule has 1 aromatic heterocycles. The Morgan fingerprint density at radius 2 is 2.35 bits per heavy atom. The number of nitrogen functional groups attached to an aromatic ring is 1. The van der Waals surface area contributed by atoms with Crippen LogP contribution in [-0.2, 0) is 4.79 Å². The third-order valence-electron chi connectivity index (χ3n) is 2.83. The van der Waals surface area contributed by atoms with Crippen molar-refractivity contribution >= 4 is 17.5 Å². The number of aromatic nitrogens is 2. The Balaban J connectivity index is 2.83. The largest absolute Gasteiger partial charge is 0.481 e. The van der Waals surface area contributed by atoms with Gasteiger partial charge in [0.05, 0.1) is 11.7 Å². The predicted octanol–water partition coefficient (Wildman–Crippen LogP) is 0.265. The van der Waals surface area contributed by atoms with E-state index in [0.717, 1.165) is 0 Å². The molecule has 5 N–H and O–H groups in total. The highest BCUT2D eigenvalue weighted by Crippen LogP contribution is 2.22. The summed E-state index contributed by atoms with van der Waals surface area (Å²) >= 11 is 0. The number of nitrogens with one attached hydrogen (secondary N) is 2. The maximum absolute atomic E-state index is 11.2.